The summed E-state index contributed by atoms with van der Waals surface area (Å²) < 4.78 is 24.3. The van der Waals surface area contributed by atoms with Gasteiger partial charge in [-0.2, -0.15) is 5.26 Å². The van der Waals surface area contributed by atoms with Crippen LogP contribution in [0.3, 0.4) is 0 Å². The summed E-state index contributed by atoms with van der Waals surface area (Å²) in [5, 5.41) is 21.1. The van der Waals surface area contributed by atoms with E-state index >= 15 is 0 Å². The maximum Gasteiger partial charge on any atom is 0.313 e. The minimum Gasteiger partial charge on any atom is -0.496 e. The Morgan fingerprint density at radius 3 is 2.71 bits per heavy atom. The Bertz CT molecular complexity index is 1140. The summed E-state index contributed by atoms with van der Waals surface area (Å²) in [6.07, 6.45) is -1.14. The molecule has 3 rings (SSSR count). The zero-order chi connectivity index (χ0) is 25.2. The summed E-state index contributed by atoms with van der Waals surface area (Å²) in [5.41, 5.74) is 0.217. The third kappa shape index (κ3) is 4.86. The lowest BCUT2D eigenvalue weighted by Crippen LogP contribution is -2.52. The molecule has 1 N–H and O–H groups in total. The van der Waals surface area contributed by atoms with Gasteiger partial charge in [0.25, 0.3) is 5.91 Å². The Labute approximate surface area is 202 Å². The smallest absolute Gasteiger partial charge is 0.313 e. The molecular formula is C24H28FN3O5S. The molecule has 34 heavy (non-hydrogen) atoms. The van der Waals surface area contributed by atoms with Gasteiger partial charge in [0.2, 0.25) is 0 Å². The maximum atomic E-state index is 13.9. The topological polar surface area (TPSA) is 103 Å². The number of β-amino-alcohol motifs (C(OH)–C–C–N with tert-alkyl or cyclic N) is 1. The second kappa shape index (κ2) is 9.99. The Kier molecular flexibility index (Phi) is 7.48. The first kappa shape index (κ1) is 25.5. The van der Waals surface area contributed by atoms with Crippen molar-refractivity contribution in [2.45, 2.75) is 33.8 Å². The van der Waals surface area contributed by atoms with Crippen molar-refractivity contribution in [2.75, 3.05) is 38.4 Å². The SMILES string of the molecule is CCOC(=O)C(C)(C)CN1CN(CC(O)c2cc(F)ccc2OC)c2sc(C#N)c(C)c2C1=O. The number of nitrogens with zero attached hydrogens (tertiary/aromatic N) is 3. The predicted octanol–water partition coefficient (Wildman–Crippen LogP) is 3.62. The molecule has 1 amide bonds. The van der Waals surface area contributed by atoms with Crippen LogP contribution >= 0.6 is 11.3 Å². The van der Waals surface area contributed by atoms with Crippen LogP contribution in [0.4, 0.5) is 9.39 Å². The Morgan fingerprint density at radius 2 is 2.09 bits per heavy atom. The fourth-order valence-corrected chi connectivity index (χ4v) is 5.07. The summed E-state index contributed by atoms with van der Waals surface area (Å²) in [5.74, 6) is -0.898. The quantitative estimate of drug-likeness (QED) is 0.565. The number of thiophene rings is 1. The number of esters is 1. The molecule has 8 nitrogen and oxygen atoms in total. The Balaban J connectivity index is 1.98. The maximum absolute atomic E-state index is 13.9. The predicted molar refractivity (Wildman–Crippen MR) is 125 cm³/mol. The zero-order valence-electron chi connectivity index (χ0n) is 19.8. The zero-order valence-corrected chi connectivity index (χ0v) is 20.7. The van der Waals surface area contributed by atoms with Crippen molar-refractivity contribution in [1.82, 2.24) is 4.90 Å². The first-order valence-corrected chi connectivity index (χ1v) is 11.6. The van der Waals surface area contributed by atoms with Crippen LogP contribution in [0.25, 0.3) is 0 Å². The second-order valence-corrected chi connectivity index (χ2v) is 9.72. The van der Waals surface area contributed by atoms with Crippen LogP contribution in [0, 0.1) is 29.5 Å². The fraction of sp³-hybridized carbons (Fsp3) is 0.458. The largest absolute Gasteiger partial charge is 0.496 e. The highest BCUT2D eigenvalue weighted by Crippen LogP contribution is 2.41. The lowest BCUT2D eigenvalue weighted by molar-refractivity contribution is -0.154. The number of amides is 1. The van der Waals surface area contributed by atoms with Crippen molar-refractivity contribution in [3.05, 3.63) is 45.6 Å². The van der Waals surface area contributed by atoms with Crippen LogP contribution in [0.15, 0.2) is 18.2 Å². The lowest BCUT2D eigenvalue weighted by atomic mass is 9.92. The van der Waals surface area contributed by atoms with Crippen molar-refractivity contribution < 1.29 is 28.6 Å². The van der Waals surface area contributed by atoms with Gasteiger partial charge in [-0.1, -0.05) is 0 Å². The van der Waals surface area contributed by atoms with E-state index < -0.39 is 23.3 Å². The molecular weight excluding hydrogens is 461 g/mol. The van der Waals surface area contributed by atoms with Gasteiger partial charge in [0.15, 0.2) is 0 Å². The standard InChI is InChI=1S/C24H28FN3O5S/c1-6-33-23(31)24(3,4)12-28-13-27(22-20(21(28)30)14(2)19(10-26)34-22)11-17(29)16-9-15(25)7-8-18(16)32-5/h7-9,17,29H,6,11-13H2,1-5H3. The van der Waals surface area contributed by atoms with Gasteiger partial charge < -0.3 is 24.4 Å². The lowest BCUT2D eigenvalue weighted by Gasteiger charge is -2.40. The molecule has 1 aromatic heterocycles. The van der Waals surface area contributed by atoms with E-state index in [1.807, 2.05) is 0 Å². The van der Waals surface area contributed by atoms with Gasteiger partial charge in [-0.15, -0.1) is 11.3 Å². The summed E-state index contributed by atoms with van der Waals surface area (Å²) in [6, 6.07) is 6.01. The molecule has 1 aliphatic heterocycles. The second-order valence-electron chi connectivity index (χ2n) is 8.72. The highest BCUT2D eigenvalue weighted by Gasteiger charge is 2.40. The van der Waals surface area contributed by atoms with Crippen LogP contribution in [-0.2, 0) is 9.53 Å². The van der Waals surface area contributed by atoms with Gasteiger partial charge in [0.1, 0.15) is 33.6 Å². The molecule has 0 bridgehead atoms. The molecule has 0 fully saturated rings. The number of anilines is 1. The number of aliphatic hydroxyl groups excluding tert-OH is 1. The number of nitriles is 1. The van der Waals surface area contributed by atoms with Gasteiger partial charge in [0.05, 0.1) is 37.9 Å². The minimum atomic E-state index is -1.14. The third-order valence-electron chi connectivity index (χ3n) is 5.72. The summed E-state index contributed by atoms with van der Waals surface area (Å²) in [6.45, 7) is 7.22. The van der Waals surface area contributed by atoms with Gasteiger partial charge in [0, 0.05) is 12.1 Å². The molecule has 0 aliphatic carbocycles. The molecule has 1 atom stereocenters. The first-order valence-electron chi connectivity index (χ1n) is 10.8. The van der Waals surface area contributed by atoms with Crippen LogP contribution in [0.1, 0.15) is 53.2 Å². The van der Waals surface area contributed by atoms with Gasteiger partial charge in [-0.05, 0) is 51.5 Å². The monoisotopic (exact) mass is 489 g/mol. The number of fused-ring (bicyclic) bond motifs is 1. The van der Waals surface area contributed by atoms with Crippen molar-refractivity contribution in [3.8, 4) is 11.8 Å². The number of halogens is 1. The van der Waals surface area contributed by atoms with Gasteiger partial charge >= 0.3 is 5.97 Å². The number of ether oxygens (including phenoxy) is 2. The molecule has 2 aromatic rings. The van der Waals surface area contributed by atoms with E-state index in [0.717, 1.165) is 0 Å². The van der Waals surface area contributed by atoms with Crippen molar-refractivity contribution in [3.63, 3.8) is 0 Å². The average Bonchev–Trinajstić information content (AvgIpc) is 3.13. The van der Waals surface area contributed by atoms with Crippen LogP contribution in [0.5, 0.6) is 5.75 Å². The average molecular weight is 490 g/mol. The normalized spacial score (nSPS) is 14.5. The first-order chi connectivity index (χ1) is 16.0. The van der Waals surface area contributed by atoms with E-state index in [2.05, 4.69) is 6.07 Å². The molecule has 0 radical (unpaired) electrons. The highest BCUT2D eigenvalue weighted by atomic mass is 32.1. The van der Waals surface area contributed by atoms with Crippen LogP contribution in [-0.4, -0.2) is 55.4 Å². The summed E-state index contributed by atoms with van der Waals surface area (Å²) in [4.78, 5) is 29.5. The van der Waals surface area contributed by atoms with Crippen molar-refractivity contribution in [1.29, 1.82) is 5.26 Å². The summed E-state index contributed by atoms with van der Waals surface area (Å²) in [7, 11) is 1.43. The van der Waals surface area contributed by atoms with E-state index in [4.69, 9.17) is 9.47 Å². The van der Waals surface area contributed by atoms with E-state index in [9.17, 15) is 24.3 Å². The fourth-order valence-electron chi connectivity index (χ4n) is 3.98. The molecule has 0 spiro atoms. The van der Waals surface area contributed by atoms with E-state index in [1.165, 1.54) is 41.5 Å². The van der Waals surface area contributed by atoms with E-state index in [1.54, 1.807) is 32.6 Å². The number of rotatable bonds is 8. The molecule has 0 saturated carbocycles. The van der Waals surface area contributed by atoms with Gasteiger partial charge in [-0.3, -0.25) is 9.59 Å². The molecule has 2 heterocycles. The van der Waals surface area contributed by atoms with E-state index in [0.29, 0.717) is 26.8 Å². The molecule has 10 heteroatoms. The number of carbonyl (C=O) groups is 2. The molecule has 182 valence electrons. The number of methoxy groups -OCH3 is 1. The number of hydrogen-bond acceptors (Lipinski definition) is 8. The van der Waals surface area contributed by atoms with Crippen molar-refractivity contribution in [2.24, 2.45) is 5.41 Å². The number of carbonyl (C=O) groups excluding carboxylic acids is 2. The number of benzene rings is 1. The number of aliphatic hydroxyl groups is 1. The molecule has 1 unspecified atom stereocenters. The Morgan fingerprint density at radius 1 is 1.38 bits per heavy atom. The third-order valence-corrected chi connectivity index (χ3v) is 6.97. The number of hydrogen-bond donors (Lipinski definition) is 1. The molecule has 0 saturated heterocycles. The summed E-state index contributed by atoms with van der Waals surface area (Å²) >= 11 is 1.17. The van der Waals surface area contributed by atoms with Gasteiger partial charge in [-0.25, -0.2) is 4.39 Å². The highest BCUT2D eigenvalue weighted by molar-refractivity contribution is 7.17. The van der Waals surface area contributed by atoms with E-state index in [-0.39, 0.29) is 37.8 Å². The van der Waals surface area contributed by atoms with Crippen molar-refractivity contribution >= 4 is 28.2 Å². The van der Waals surface area contributed by atoms with Crippen LogP contribution < -0.4 is 9.64 Å². The molecule has 1 aliphatic rings. The minimum absolute atomic E-state index is 0.0151. The Hall–Kier alpha value is -3.16. The molecule has 1 aromatic carbocycles. The van der Waals surface area contributed by atoms with Crippen LogP contribution in [0.2, 0.25) is 0 Å².